The number of para-hydroxylation sites is 1. The fraction of sp³-hybridized carbons (Fsp3) is 0.207. The molecule has 4 aromatic rings. The van der Waals surface area contributed by atoms with Gasteiger partial charge in [-0.05, 0) is 62.2 Å². The fourth-order valence-corrected chi connectivity index (χ4v) is 5.00. The van der Waals surface area contributed by atoms with Gasteiger partial charge in [0.05, 0.1) is 16.9 Å². The third kappa shape index (κ3) is 4.18. The van der Waals surface area contributed by atoms with E-state index in [4.69, 9.17) is 5.10 Å². The van der Waals surface area contributed by atoms with Gasteiger partial charge in [0.2, 0.25) is 0 Å². The van der Waals surface area contributed by atoms with Gasteiger partial charge in [-0.3, -0.25) is 14.5 Å². The van der Waals surface area contributed by atoms with E-state index in [0.717, 1.165) is 11.3 Å². The summed E-state index contributed by atoms with van der Waals surface area (Å²) in [7, 11) is 0. The van der Waals surface area contributed by atoms with Crippen molar-refractivity contribution in [3.63, 3.8) is 0 Å². The van der Waals surface area contributed by atoms with Crippen LogP contribution in [0.5, 0.6) is 0 Å². The first-order valence-electron chi connectivity index (χ1n) is 12.1. The number of hydrogen-bond donors (Lipinski definition) is 1. The van der Waals surface area contributed by atoms with Crippen LogP contribution in [0.1, 0.15) is 45.6 Å². The number of benzene rings is 3. The number of nitrogens with zero attached hydrogens (tertiary/aromatic N) is 3. The molecule has 2 unspecified atom stereocenters. The first kappa shape index (κ1) is 24.4. The molecule has 1 aliphatic heterocycles. The van der Waals surface area contributed by atoms with Crippen molar-refractivity contribution in [1.82, 2.24) is 15.1 Å². The molecule has 2 amide bonds. The minimum atomic E-state index is -1.06. The summed E-state index contributed by atoms with van der Waals surface area (Å²) in [5.74, 6) is -2.18. The molecule has 0 radical (unpaired) electrons. The van der Waals surface area contributed by atoms with Gasteiger partial charge >= 0.3 is 0 Å². The predicted molar refractivity (Wildman–Crippen MR) is 137 cm³/mol. The third-order valence-corrected chi connectivity index (χ3v) is 6.78. The van der Waals surface area contributed by atoms with E-state index in [9.17, 15) is 18.4 Å². The summed E-state index contributed by atoms with van der Waals surface area (Å²) in [6, 6.07) is 18.8. The molecular formula is C29H26F2N4O2. The Kier molecular flexibility index (Phi) is 6.33. The van der Waals surface area contributed by atoms with Gasteiger partial charge in [0, 0.05) is 18.0 Å². The zero-order valence-corrected chi connectivity index (χ0v) is 20.7. The highest BCUT2D eigenvalue weighted by Crippen LogP contribution is 2.43. The maximum Gasteiger partial charge on any atom is 0.254 e. The van der Waals surface area contributed by atoms with Crippen LogP contribution in [0.4, 0.5) is 14.6 Å². The number of nitrogens with one attached hydrogen (secondary N) is 1. The van der Waals surface area contributed by atoms with E-state index in [-0.39, 0.29) is 11.5 Å². The zero-order chi connectivity index (χ0) is 26.3. The second-order valence-corrected chi connectivity index (χ2v) is 9.07. The van der Waals surface area contributed by atoms with Crippen LogP contribution < -0.4 is 10.2 Å². The maximum absolute atomic E-state index is 14.8. The topological polar surface area (TPSA) is 67.2 Å². The number of carbonyl (C=O) groups excluding carboxylic acids is 2. The molecule has 37 heavy (non-hydrogen) atoms. The van der Waals surface area contributed by atoms with Crippen molar-refractivity contribution in [3.8, 4) is 5.69 Å². The van der Waals surface area contributed by atoms with Crippen LogP contribution in [0.3, 0.4) is 0 Å². The van der Waals surface area contributed by atoms with Gasteiger partial charge in [0.15, 0.2) is 0 Å². The molecule has 0 aliphatic carbocycles. The molecule has 6 nitrogen and oxygen atoms in total. The number of amides is 2. The number of rotatable bonds is 5. The van der Waals surface area contributed by atoms with Gasteiger partial charge in [-0.1, -0.05) is 42.5 Å². The third-order valence-electron chi connectivity index (χ3n) is 6.78. The summed E-state index contributed by atoms with van der Waals surface area (Å²) in [5, 5.41) is 7.56. The Morgan fingerprint density at radius 2 is 1.68 bits per heavy atom. The number of hydrogen-bond acceptors (Lipinski definition) is 3. The first-order valence-corrected chi connectivity index (χ1v) is 12.1. The van der Waals surface area contributed by atoms with E-state index in [2.05, 4.69) is 5.32 Å². The summed E-state index contributed by atoms with van der Waals surface area (Å²) in [6.07, 6.45) is 0. The summed E-state index contributed by atoms with van der Waals surface area (Å²) in [4.78, 5) is 28.8. The minimum absolute atomic E-state index is 0.142. The highest BCUT2D eigenvalue weighted by atomic mass is 19.1. The second kappa shape index (κ2) is 9.61. The van der Waals surface area contributed by atoms with Crippen molar-refractivity contribution in [3.05, 3.63) is 112 Å². The average molecular weight is 501 g/mol. The molecule has 0 saturated carbocycles. The molecule has 8 heteroatoms. The fourth-order valence-electron chi connectivity index (χ4n) is 5.00. The molecule has 2 heterocycles. The van der Waals surface area contributed by atoms with Crippen molar-refractivity contribution in [1.29, 1.82) is 0 Å². The van der Waals surface area contributed by atoms with Gasteiger partial charge < -0.3 is 5.32 Å². The van der Waals surface area contributed by atoms with Crippen LogP contribution in [0.2, 0.25) is 0 Å². The van der Waals surface area contributed by atoms with E-state index in [0.29, 0.717) is 29.2 Å². The number of carbonyl (C=O) groups is 2. The second-order valence-electron chi connectivity index (χ2n) is 9.07. The first-order chi connectivity index (χ1) is 17.8. The lowest BCUT2D eigenvalue weighted by molar-refractivity contribution is -0.121. The van der Waals surface area contributed by atoms with Gasteiger partial charge in [0.25, 0.3) is 11.8 Å². The standard InChI is InChI=1S/C29H26F2N4O2/c1-4-34-28-23(18(3)33-35(28)21-10-6-5-7-11-21)24(19-13-15-20(30)16-14-19)26(29(34)37)32-27(36)22-12-8-9-17(2)25(22)31/h5-16,24,26H,4H2,1-3H3,(H,32,36). The van der Waals surface area contributed by atoms with Crippen molar-refractivity contribution in [2.24, 2.45) is 0 Å². The summed E-state index contributed by atoms with van der Waals surface area (Å²) >= 11 is 0. The van der Waals surface area contributed by atoms with E-state index >= 15 is 0 Å². The Balaban J connectivity index is 1.69. The average Bonchev–Trinajstić information content (AvgIpc) is 3.24. The largest absolute Gasteiger partial charge is 0.339 e. The molecule has 188 valence electrons. The van der Waals surface area contributed by atoms with Crippen LogP contribution in [0.15, 0.2) is 72.8 Å². The van der Waals surface area contributed by atoms with Crippen molar-refractivity contribution >= 4 is 17.6 Å². The zero-order valence-electron chi connectivity index (χ0n) is 20.7. The number of fused-ring (bicyclic) bond motifs is 1. The van der Waals surface area contributed by atoms with Crippen LogP contribution in [-0.4, -0.2) is 34.2 Å². The molecule has 1 aliphatic rings. The van der Waals surface area contributed by atoms with Crippen LogP contribution >= 0.6 is 0 Å². The lowest BCUT2D eigenvalue weighted by Crippen LogP contribution is -2.55. The maximum atomic E-state index is 14.8. The van der Waals surface area contributed by atoms with Gasteiger partial charge in [0.1, 0.15) is 23.5 Å². The lowest BCUT2D eigenvalue weighted by atomic mass is 9.81. The van der Waals surface area contributed by atoms with Crippen LogP contribution in [0.25, 0.3) is 5.69 Å². The molecule has 0 fully saturated rings. The highest BCUT2D eigenvalue weighted by molar-refractivity contribution is 6.05. The number of anilines is 1. The summed E-state index contributed by atoms with van der Waals surface area (Å²) in [5.41, 5.74) is 3.01. The molecule has 1 N–H and O–H groups in total. The van der Waals surface area contributed by atoms with E-state index in [1.165, 1.54) is 18.2 Å². The summed E-state index contributed by atoms with van der Waals surface area (Å²) < 4.78 is 30.4. The number of aromatic nitrogens is 2. The van der Waals surface area contributed by atoms with Crippen molar-refractivity contribution < 1.29 is 18.4 Å². The molecule has 0 bridgehead atoms. The van der Waals surface area contributed by atoms with Gasteiger partial charge in [-0.2, -0.15) is 5.10 Å². The quantitative estimate of drug-likeness (QED) is 0.416. The van der Waals surface area contributed by atoms with E-state index in [1.54, 1.807) is 40.8 Å². The molecule has 5 rings (SSSR count). The van der Waals surface area contributed by atoms with Crippen molar-refractivity contribution in [2.45, 2.75) is 32.7 Å². The van der Waals surface area contributed by atoms with Gasteiger partial charge in [-0.15, -0.1) is 0 Å². The van der Waals surface area contributed by atoms with Gasteiger partial charge in [-0.25, -0.2) is 13.5 Å². The van der Waals surface area contributed by atoms with E-state index < -0.39 is 29.5 Å². The normalized spacial score (nSPS) is 17.0. The Bertz CT molecular complexity index is 1480. The molecule has 3 aromatic carbocycles. The summed E-state index contributed by atoms with van der Waals surface area (Å²) in [6.45, 7) is 5.59. The molecule has 0 spiro atoms. The molecule has 0 saturated heterocycles. The molecule has 1 aromatic heterocycles. The smallest absolute Gasteiger partial charge is 0.254 e. The highest BCUT2D eigenvalue weighted by Gasteiger charge is 2.45. The Morgan fingerprint density at radius 3 is 2.35 bits per heavy atom. The predicted octanol–water partition coefficient (Wildman–Crippen LogP) is 5.06. The molecular weight excluding hydrogens is 474 g/mol. The van der Waals surface area contributed by atoms with Crippen LogP contribution in [-0.2, 0) is 4.79 Å². The SMILES string of the molecule is CCN1C(=O)C(NC(=O)c2cccc(C)c2F)C(c2ccc(F)cc2)c2c(C)nn(-c3ccccc3)c21. The number of halogens is 2. The van der Waals surface area contributed by atoms with Crippen LogP contribution in [0, 0.1) is 25.5 Å². The Morgan fingerprint density at radius 1 is 0.973 bits per heavy atom. The molecule has 2 atom stereocenters. The lowest BCUT2D eigenvalue weighted by Gasteiger charge is -2.38. The minimum Gasteiger partial charge on any atom is -0.339 e. The number of aryl methyl sites for hydroxylation is 2. The number of likely N-dealkylation sites (N-methyl/N-ethyl adjacent to an activating group) is 1. The monoisotopic (exact) mass is 500 g/mol. The Hall–Kier alpha value is -4.33. The Labute approximate surface area is 213 Å². The van der Waals surface area contributed by atoms with E-state index in [1.807, 2.05) is 44.2 Å². The van der Waals surface area contributed by atoms with Crippen molar-refractivity contribution in [2.75, 3.05) is 11.4 Å².